The Bertz CT molecular complexity index is 268. The summed E-state index contributed by atoms with van der Waals surface area (Å²) in [6.45, 7) is 1.74. The maximum atomic E-state index is 12.8. The predicted octanol–water partition coefficient (Wildman–Crippen LogP) is 2.94. The van der Waals surface area contributed by atoms with Crippen molar-refractivity contribution in [1.82, 2.24) is 0 Å². The summed E-state index contributed by atoms with van der Waals surface area (Å²) >= 11 is 0. The Morgan fingerprint density at radius 1 is 1.33 bits per heavy atom. The largest absolute Gasteiger partial charge is 0.242 e. The van der Waals surface area contributed by atoms with Crippen LogP contribution in [0.2, 0.25) is 0 Å². The summed E-state index contributed by atoms with van der Waals surface area (Å²) in [6, 6.07) is 4.22. The van der Waals surface area contributed by atoms with E-state index in [9.17, 15) is 13.2 Å². The molecule has 0 aliphatic carbocycles. The van der Waals surface area contributed by atoms with Crippen LogP contribution in [-0.2, 0) is 6.42 Å². The van der Waals surface area contributed by atoms with Crippen molar-refractivity contribution >= 4 is 0 Å². The van der Waals surface area contributed by atoms with E-state index in [-0.39, 0.29) is 5.56 Å². The number of halogens is 3. The van der Waals surface area contributed by atoms with E-state index in [1.807, 2.05) is 0 Å². The zero-order valence-corrected chi connectivity index (χ0v) is 6.65. The molecule has 0 aliphatic heterocycles. The van der Waals surface area contributed by atoms with E-state index < -0.39 is 18.7 Å². The molecule has 0 heterocycles. The fourth-order valence-electron chi connectivity index (χ4n) is 1.03. The zero-order valence-electron chi connectivity index (χ0n) is 6.65. The van der Waals surface area contributed by atoms with Crippen molar-refractivity contribution in [3.8, 4) is 0 Å². The van der Waals surface area contributed by atoms with Gasteiger partial charge in [0, 0.05) is 6.42 Å². The topological polar surface area (TPSA) is 0 Å². The van der Waals surface area contributed by atoms with Gasteiger partial charge in [-0.05, 0) is 18.6 Å². The Morgan fingerprint density at radius 2 is 2.00 bits per heavy atom. The molecule has 1 rings (SSSR count). The Kier molecular flexibility index (Phi) is 2.74. The first-order chi connectivity index (χ1) is 5.59. The molecule has 0 N–H and O–H groups in total. The summed E-state index contributed by atoms with van der Waals surface area (Å²) in [6.07, 6.45) is -2.99. The van der Waals surface area contributed by atoms with E-state index >= 15 is 0 Å². The number of rotatable bonds is 2. The molecule has 0 radical (unpaired) electrons. The van der Waals surface area contributed by atoms with Gasteiger partial charge in [0.05, 0.1) is 0 Å². The van der Waals surface area contributed by atoms with E-state index in [2.05, 4.69) is 0 Å². The van der Waals surface area contributed by atoms with Gasteiger partial charge in [-0.2, -0.15) is 0 Å². The van der Waals surface area contributed by atoms with Gasteiger partial charge in [0.25, 0.3) is 0 Å². The molecule has 0 aliphatic rings. The second-order valence-electron chi connectivity index (χ2n) is 2.69. The molecule has 1 aromatic carbocycles. The minimum atomic E-state index is -2.48. The molecule has 1 aromatic rings. The Labute approximate surface area is 69.0 Å². The number of benzene rings is 1. The average Bonchev–Trinajstić information content (AvgIpc) is 1.96. The molecule has 0 saturated heterocycles. The van der Waals surface area contributed by atoms with Gasteiger partial charge < -0.3 is 0 Å². The van der Waals surface area contributed by atoms with Gasteiger partial charge in [-0.25, -0.2) is 13.2 Å². The Morgan fingerprint density at radius 3 is 2.58 bits per heavy atom. The second kappa shape index (κ2) is 3.61. The smallest absolute Gasteiger partial charge is 0.210 e. The summed E-state index contributed by atoms with van der Waals surface area (Å²) in [5.74, 6) is -0.555. The fraction of sp³-hybridized carbons (Fsp3) is 0.333. The van der Waals surface area contributed by atoms with Crippen LogP contribution >= 0.6 is 0 Å². The van der Waals surface area contributed by atoms with Gasteiger partial charge in [-0.1, -0.05) is 17.7 Å². The molecule has 0 aromatic heterocycles. The van der Waals surface area contributed by atoms with E-state index in [1.165, 1.54) is 12.1 Å². The lowest BCUT2D eigenvalue weighted by Gasteiger charge is -2.02. The van der Waals surface area contributed by atoms with Crippen LogP contribution in [0.3, 0.4) is 0 Å². The van der Waals surface area contributed by atoms with E-state index in [0.29, 0.717) is 0 Å². The van der Waals surface area contributed by atoms with Gasteiger partial charge in [-0.3, -0.25) is 0 Å². The van der Waals surface area contributed by atoms with Crippen molar-refractivity contribution in [2.24, 2.45) is 0 Å². The molecule has 12 heavy (non-hydrogen) atoms. The third-order valence-electron chi connectivity index (χ3n) is 1.58. The Balaban J connectivity index is 2.90. The molecule has 0 saturated carbocycles. The summed E-state index contributed by atoms with van der Waals surface area (Å²) in [5.41, 5.74) is 0.886. The zero-order chi connectivity index (χ0) is 9.14. The molecule has 0 atom stereocenters. The summed E-state index contributed by atoms with van der Waals surface area (Å²) < 4.78 is 36.5. The number of aryl methyl sites for hydroxylation is 1. The third-order valence-corrected chi connectivity index (χ3v) is 1.58. The quantitative estimate of drug-likeness (QED) is 0.646. The molecule has 66 valence electrons. The molecule has 0 spiro atoms. The minimum Gasteiger partial charge on any atom is -0.210 e. The van der Waals surface area contributed by atoms with Gasteiger partial charge in [0.1, 0.15) is 5.82 Å². The number of alkyl halides is 2. The van der Waals surface area contributed by atoms with E-state index in [0.717, 1.165) is 5.56 Å². The van der Waals surface area contributed by atoms with Crippen molar-refractivity contribution < 1.29 is 13.2 Å². The lowest BCUT2D eigenvalue weighted by atomic mass is 10.1. The van der Waals surface area contributed by atoms with Gasteiger partial charge in [-0.15, -0.1) is 0 Å². The maximum Gasteiger partial charge on any atom is 0.242 e. The van der Waals surface area contributed by atoms with Crippen molar-refractivity contribution in [2.45, 2.75) is 19.8 Å². The SMILES string of the molecule is Cc1ccc(F)c(CC(F)F)c1. The highest BCUT2D eigenvalue weighted by molar-refractivity contribution is 5.24. The van der Waals surface area contributed by atoms with Crippen molar-refractivity contribution in [3.05, 3.63) is 35.1 Å². The van der Waals surface area contributed by atoms with Crippen LogP contribution in [-0.4, -0.2) is 6.43 Å². The first kappa shape index (κ1) is 9.10. The normalized spacial score (nSPS) is 10.8. The molecule has 0 bridgehead atoms. The second-order valence-corrected chi connectivity index (χ2v) is 2.69. The van der Waals surface area contributed by atoms with Crippen LogP contribution in [0.1, 0.15) is 11.1 Å². The lowest BCUT2D eigenvalue weighted by molar-refractivity contribution is 0.148. The van der Waals surface area contributed by atoms with Crippen LogP contribution in [0.4, 0.5) is 13.2 Å². The van der Waals surface area contributed by atoms with Crippen LogP contribution in [0.5, 0.6) is 0 Å². The first-order valence-electron chi connectivity index (χ1n) is 3.63. The van der Waals surface area contributed by atoms with Crippen molar-refractivity contribution in [3.63, 3.8) is 0 Å². The monoisotopic (exact) mass is 174 g/mol. The minimum absolute atomic E-state index is 0.0880. The summed E-state index contributed by atoms with van der Waals surface area (Å²) in [5, 5.41) is 0. The van der Waals surface area contributed by atoms with Crippen LogP contribution in [0.15, 0.2) is 18.2 Å². The molecule has 0 fully saturated rings. The summed E-state index contributed by atoms with van der Waals surface area (Å²) in [4.78, 5) is 0. The maximum absolute atomic E-state index is 12.8. The van der Waals surface area contributed by atoms with Gasteiger partial charge >= 0.3 is 0 Å². The molecule has 3 heteroatoms. The van der Waals surface area contributed by atoms with Crippen LogP contribution in [0.25, 0.3) is 0 Å². The lowest BCUT2D eigenvalue weighted by Crippen LogP contribution is -1.99. The highest BCUT2D eigenvalue weighted by atomic mass is 19.3. The third kappa shape index (κ3) is 2.26. The highest BCUT2D eigenvalue weighted by Crippen LogP contribution is 2.13. The van der Waals surface area contributed by atoms with Gasteiger partial charge in [0.2, 0.25) is 6.43 Å². The van der Waals surface area contributed by atoms with Gasteiger partial charge in [0.15, 0.2) is 0 Å². The molecule has 0 amide bonds. The summed E-state index contributed by atoms with van der Waals surface area (Å²) in [7, 11) is 0. The standard InChI is InChI=1S/C9H9F3/c1-6-2-3-8(10)7(4-6)5-9(11)12/h2-4,9H,5H2,1H3. The van der Waals surface area contributed by atoms with E-state index in [4.69, 9.17) is 0 Å². The number of hydrogen-bond donors (Lipinski definition) is 0. The fourth-order valence-corrected chi connectivity index (χ4v) is 1.03. The molecular weight excluding hydrogens is 165 g/mol. The highest BCUT2D eigenvalue weighted by Gasteiger charge is 2.08. The molecule has 0 nitrogen and oxygen atoms in total. The Hall–Kier alpha value is -0.990. The molecular formula is C9H9F3. The molecule has 0 unspecified atom stereocenters. The predicted molar refractivity (Wildman–Crippen MR) is 40.8 cm³/mol. The van der Waals surface area contributed by atoms with E-state index in [1.54, 1.807) is 13.0 Å². The van der Waals surface area contributed by atoms with Crippen LogP contribution < -0.4 is 0 Å². The first-order valence-corrected chi connectivity index (χ1v) is 3.63. The van der Waals surface area contributed by atoms with Crippen molar-refractivity contribution in [1.29, 1.82) is 0 Å². The van der Waals surface area contributed by atoms with Crippen molar-refractivity contribution in [2.75, 3.05) is 0 Å². The number of hydrogen-bond acceptors (Lipinski definition) is 0. The van der Waals surface area contributed by atoms with Crippen LogP contribution in [0, 0.1) is 12.7 Å². The average molecular weight is 174 g/mol.